The topological polar surface area (TPSA) is 72.4 Å². The first-order chi connectivity index (χ1) is 12.5. The second kappa shape index (κ2) is 7.61. The maximum Gasteiger partial charge on any atom is 0.329 e. The Morgan fingerprint density at radius 3 is 2.42 bits per heavy atom. The quantitative estimate of drug-likeness (QED) is 0.701. The van der Waals surface area contributed by atoms with Gasteiger partial charge >= 0.3 is 5.69 Å². The SMILES string of the molecule is CCn1c(=O)n(CC(=O)NCC(c2ccco2)N(C)C)c2ccccc21. The Morgan fingerprint density at radius 2 is 1.85 bits per heavy atom. The maximum absolute atomic E-state index is 12.6. The highest BCUT2D eigenvalue weighted by molar-refractivity contribution is 5.80. The normalized spacial score (nSPS) is 12.6. The molecule has 0 aliphatic rings. The minimum absolute atomic E-state index is 0.00928. The lowest BCUT2D eigenvalue weighted by Crippen LogP contribution is -2.37. The van der Waals surface area contributed by atoms with Crippen LogP contribution in [0.2, 0.25) is 0 Å². The van der Waals surface area contributed by atoms with Crippen LogP contribution in [-0.4, -0.2) is 40.6 Å². The van der Waals surface area contributed by atoms with E-state index in [4.69, 9.17) is 4.42 Å². The zero-order chi connectivity index (χ0) is 18.7. The molecule has 1 N–H and O–H groups in total. The van der Waals surface area contributed by atoms with Crippen LogP contribution in [0.15, 0.2) is 51.9 Å². The van der Waals surface area contributed by atoms with Gasteiger partial charge in [-0.25, -0.2) is 4.79 Å². The molecule has 0 saturated carbocycles. The third-order valence-corrected chi connectivity index (χ3v) is 4.53. The molecule has 0 aliphatic carbocycles. The van der Waals surface area contributed by atoms with Crippen molar-refractivity contribution in [2.75, 3.05) is 20.6 Å². The Kier molecular flexibility index (Phi) is 5.27. The summed E-state index contributed by atoms with van der Waals surface area (Å²) in [5.74, 6) is 0.583. The highest BCUT2D eigenvalue weighted by Crippen LogP contribution is 2.17. The van der Waals surface area contributed by atoms with Crippen LogP contribution in [0, 0.1) is 0 Å². The highest BCUT2D eigenvalue weighted by Gasteiger charge is 2.19. The van der Waals surface area contributed by atoms with E-state index >= 15 is 0 Å². The fourth-order valence-electron chi connectivity index (χ4n) is 3.16. The molecular formula is C19H24N4O3. The van der Waals surface area contributed by atoms with E-state index in [1.165, 1.54) is 4.57 Å². The van der Waals surface area contributed by atoms with E-state index in [1.807, 2.05) is 62.3 Å². The summed E-state index contributed by atoms with van der Waals surface area (Å²) in [6, 6.07) is 11.2. The molecule has 1 atom stereocenters. The monoisotopic (exact) mass is 356 g/mol. The van der Waals surface area contributed by atoms with E-state index in [1.54, 1.807) is 10.8 Å². The molecule has 1 aromatic carbocycles. The van der Waals surface area contributed by atoms with E-state index < -0.39 is 0 Å². The lowest BCUT2D eigenvalue weighted by atomic mass is 10.2. The van der Waals surface area contributed by atoms with Crippen LogP contribution in [0.25, 0.3) is 11.0 Å². The number of benzene rings is 1. The second-order valence-electron chi connectivity index (χ2n) is 6.40. The molecule has 0 aliphatic heterocycles. The molecule has 2 heterocycles. The number of aryl methyl sites for hydroxylation is 1. The van der Waals surface area contributed by atoms with E-state index in [0.717, 1.165) is 16.8 Å². The van der Waals surface area contributed by atoms with Gasteiger partial charge in [0.2, 0.25) is 5.91 Å². The molecule has 0 radical (unpaired) electrons. The molecule has 7 nitrogen and oxygen atoms in total. The van der Waals surface area contributed by atoms with Crippen molar-refractivity contribution in [3.8, 4) is 0 Å². The van der Waals surface area contributed by atoms with Gasteiger partial charge in [-0.1, -0.05) is 12.1 Å². The Labute approximate surface area is 151 Å². The minimum atomic E-state index is -0.204. The number of carbonyl (C=O) groups excluding carboxylic acids is 1. The highest BCUT2D eigenvalue weighted by atomic mass is 16.3. The summed E-state index contributed by atoms with van der Waals surface area (Å²) >= 11 is 0. The van der Waals surface area contributed by atoms with Crippen molar-refractivity contribution in [1.82, 2.24) is 19.4 Å². The van der Waals surface area contributed by atoms with Crippen LogP contribution in [0.5, 0.6) is 0 Å². The molecule has 0 fully saturated rings. The predicted molar refractivity (Wildman–Crippen MR) is 100 cm³/mol. The van der Waals surface area contributed by atoms with Crippen molar-refractivity contribution in [3.05, 3.63) is 58.9 Å². The van der Waals surface area contributed by atoms with E-state index in [0.29, 0.717) is 13.1 Å². The van der Waals surface area contributed by atoms with E-state index in [-0.39, 0.29) is 24.2 Å². The number of nitrogens with one attached hydrogen (secondary N) is 1. The van der Waals surface area contributed by atoms with Gasteiger partial charge in [-0.3, -0.25) is 18.8 Å². The molecule has 0 spiro atoms. The van der Waals surface area contributed by atoms with Gasteiger partial charge in [-0.05, 0) is 45.3 Å². The van der Waals surface area contributed by atoms with Crippen molar-refractivity contribution in [3.63, 3.8) is 0 Å². The maximum atomic E-state index is 12.6. The Morgan fingerprint density at radius 1 is 1.15 bits per heavy atom. The Hall–Kier alpha value is -2.80. The molecule has 7 heteroatoms. The molecule has 0 saturated heterocycles. The van der Waals surface area contributed by atoms with Crippen molar-refractivity contribution in [1.29, 1.82) is 0 Å². The average Bonchev–Trinajstić information content (AvgIpc) is 3.23. The van der Waals surface area contributed by atoms with Crippen molar-refractivity contribution in [2.45, 2.75) is 26.1 Å². The van der Waals surface area contributed by atoms with E-state index in [9.17, 15) is 9.59 Å². The molecule has 1 unspecified atom stereocenters. The molecule has 3 rings (SSSR count). The van der Waals surface area contributed by atoms with Crippen molar-refractivity contribution < 1.29 is 9.21 Å². The number of imidazole rings is 1. The number of furan rings is 1. The van der Waals surface area contributed by atoms with Gasteiger partial charge in [0.15, 0.2) is 0 Å². The van der Waals surface area contributed by atoms with Gasteiger partial charge in [0.05, 0.1) is 23.3 Å². The number of nitrogens with zero attached hydrogens (tertiary/aromatic N) is 3. The number of para-hydroxylation sites is 2. The summed E-state index contributed by atoms with van der Waals surface area (Å²) in [4.78, 5) is 27.1. The van der Waals surface area contributed by atoms with Gasteiger partial charge in [0, 0.05) is 13.1 Å². The number of carbonyl (C=O) groups is 1. The first kappa shape index (κ1) is 18.0. The van der Waals surface area contributed by atoms with Crippen LogP contribution in [0.1, 0.15) is 18.7 Å². The third kappa shape index (κ3) is 3.43. The molecule has 26 heavy (non-hydrogen) atoms. The number of hydrogen-bond donors (Lipinski definition) is 1. The average molecular weight is 356 g/mol. The lowest BCUT2D eigenvalue weighted by molar-refractivity contribution is -0.121. The molecular weight excluding hydrogens is 332 g/mol. The van der Waals surface area contributed by atoms with Crippen molar-refractivity contribution in [2.24, 2.45) is 0 Å². The third-order valence-electron chi connectivity index (χ3n) is 4.53. The Balaban J connectivity index is 1.76. The summed E-state index contributed by atoms with van der Waals surface area (Å²) in [6.07, 6.45) is 1.62. The second-order valence-corrected chi connectivity index (χ2v) is 6.40. The minimum Gasteiger partial charge on any atom is -0.468 e. The molecule has 138 valence electrons. The van der Waals surface area contributed by atoms with Gasteiger partial charge in [-0.15, -0.1) is 0 Å². The number of rotatable bonds is 7. The standard InChI is InChI=1S/C19H24N4O3/c1-4-22-14-8-5-6-9-15(14)23(19(22)25)13-18(24)20-12-16(21(2)3)17-10-7-11-26-17/h5-11,16H,4,12-13H2,1-3H3,(H,20,24). The smallest absolute Gasteiger partial charge is 0.329 e. The summed E-state index contributed by atoms with van der Waals surface area (Å²) < 4.78 is 8.64. The number of hydrogen-bond acceptors (Lipinski definition) is 4. The number of fused-ring (bicyclic) bond motifs is 1. The largest absolute Gasteiger partial charge is 0.468 e. The number of aromatic nitrogens is 2. The Bertz CT molecular complexity index is 938. The molecule has 0 bridgehead atoms. The number of amides is 1. The molecule has 1 amide bonds. The zero-order valence-electron chi connectivity index (χ0n) is 15.3. The van der Waals surface area contributed by atoms with Crippen LogP contribution < -0.4 is 11.0 Å². The lowest BCUT2D eigenvalue weighted by Gasteiger charge is -2.22. The summed E-state index contributed by atoms with van der Waals surface area (Å²) in [7, 11) is 3.86. The number of likely N-dealkylation sites (N-methyl/N-ethyl adjacent to an activating group) is 1. The van der Waals surface area contributed by atoms with Crippen LogP contribution >= 0.6 is 0 Å². The molecule has 2 aromatic heterocycles. The van der Waals surface area contributed by atoms with Crippen molar-refractivity contribution >= 4 is 16.9 Å². The fourth-order valence-corrected chi connectivity index (χ4v) is 3.16. The van der Waals surface area contributed by atoms with Crippen LogP contribution in [0.3, 0.4) is 0 Å². The van der Waals surface area contributed by atoms with E-state index in [2.05, 4.69) is 5.32 Å². The fraction of sp³-hybridized carbons (Fsp3) is 0.368. The van der Waals surface area contributed by atoms with Gasteiger partial charge in [0.25, 0.3) is 0 Å². The van der Waals surface area contributed by atoms with Crippen LogP contribution in [0.4, 0.5) is 0 Å². The first-order valence-corrected chi connectivity index (χ1v) is 8.67. The predicted octanol–water partition coefficient (Wildman–Crippen LogP) is 1.84. The molecule has 3 aromatic rings. The van der Waals surface area contributed by atoms with Gasteiger partial charge in [0.1, 0.15) is 12.3 Å². The van der Waals surface area contributed by atoms with Crippen LogP contribution in [-0.2, 0) is 17.9 Å². The zero-order valence-corrected chi connectivity index (χ0v) is 15.3. The summed E-state index contributed by atoms with van der Waals surface area (Å²) in [5.41, 5.74) is 1.44. The summed E-state index contributed by atoms with van der Waals surface area (Å²) in [6.45, 7) is 2.88. The summed E-state index contributed by atoms with van der Waals surface area (Å²) in [5, 5.41) is 2.91. The first-order valence-electron chi connectivity index (χ1n) is 8.67. The van der Waals surface area contributed by atoms with Gasteiger partial charge < -0.3 is 9.73 Å². The van der Waals surface area contributed by atoms with Gasteiger partial charge in [-0.2, -0.15) is 0 Å².